The van der Waals surface area contributed by atoms with Crippen LogP contribution in [0.1, 0.15) is 34.1 Å². The molecule has 2 heterocycles. The van der Waals surface area contributed by atoms with Crippen LogP contribution in [0.15, 0.2) is 6.20 Å². The summed E-state index contributed by atoms with van der Waals surface area (Å²) < 4.78 is 0. The molecule has 0 aliphatic carbocycles. The minimum atomic E-state index is 0.306. The lowest BCUT2D eigenvalue weighted by molar-refractivity contribution is 0.389. The summed E-state index contributed by atoms with van der Waals surface area (Å²) >= 11 is 0. The van der Waals surface area contributed by atoms with Crippen LogP contribution in [0.5, 0.6) is 0 Å². The van der Waals surface area contributed by atoms with Crippen LogP contribution in [0.25, 0.3) is 11.0 Å². The molecule has 0 radical (unpaired) electrons. The van der Waals surface area contributed by atoms with Gasteiger partial charge in [0.1, 0.15) is 5.82 Å². The number of hydrogen-bond acceptors (Lipinski definition) is 5. The van der Waals surface area contributed by atoms with Gasteiger partial charge in [0.25, 0.3) is 0 Å². The van der Waals surface area contributed by atoms with Gasteiger partial charge in [-0.05, 0) is 18.8 Å². The number of anilines is 2. The summed E-state index contributed by atoms with van der Waals surface area (Å²) in [5.41, 5.74) is 1.06. The lowest BCUT2D eigenvalue weighted by Gasteiger charge is -2.18. The van der Waals surface area contributed by atoms with E-state index in [1.54, 1.807) is 6.20 Å². The van der Waals surface area contributed by atoms with Crippen LogP contribution in [0.4, 0.5) is 11.8 Å². The van der Waals surface area contributed by atoms with E-state index in [1.807, 2.05) is 6.92 Å². The number of aromatic nitrogens is 4. The number of fused-ring (bicyclic) bond motifs is 1. The van der Waals surface area contributed by atoms with Gasteiger partial charge in [0.2, 0.25) is 5.95 Å². The van der Waals surface area contributed by atoms with Crippen molar-refractivity contribution in [1.29, 1.82) is 0 Å². The molecule has 0 aliphatic heterocycles. The molecule has 0 amide bonds. The fourth-order valence-corrected chi connectivity index (χ4v) is 1.76. The van der Waals surface area contributed by atoms with E-state index >= 15 is 0 Å². The second-order valence-corrected chi connectivity index (χ2v) is 5.80. The fourth-order valence-electron chi connectivity index (χ4n) is 1.76. The van der Waals surface area contributed by atoms with Crippen LogP contribution in [-0.4, -0.2) is 33.3 Å². The molecule has 0 aromatic carbocycles. The van der Waals surface area contributed by atoms with Gasteiger partial charge >= 0.3 is 0 Å². The highest BCUT2D eigenvalue weighted by atomic mass is 15.2. The molecule has 0 unspecified atom stereocenters. The van der Waals surface area contributed by atoms with E-state index in [9.17, 15) is 0 Å². The number of nitrogens with one attached hydrogen (secondary N) is 3. The topological polar surface area (TPSA) is 78.5 Å². The van der Waals surface area contributed by atoms with Crippen LogP contribution in [0.2, 0.25) is 0 Å². The first-order valence-electron chi connectivity index (χ1n) is 6.68. The standard InChI is InChI=1S/C13H22N6/c1-5-14-12-17-10(15-7-6-13(2,3)4)9-8-16-19-11(9)18-12/h8H,5-7H2,1-4H3,(H3,14,15,16,17,18,19). The van der Waals surface area contributed by atoms with Gasteiger partial charge in [0, 0.05) is 13.1 Å². The van der Waals surface area contributed by atoms with Crippen molar-refractivity contribution in [2.45, 2.75) is 34.1 Å². The number of rotatable bonds is 5. The number of hydrogen-bond donors (Lipinski definition) is 3. The van der Waals surface area contributed by atoms with E-state index in [0.717, 1.165) is 36.4 Å². The van der Waals surface area contributed by atoms with Gasteiger partial charge in [0.05, 0.1) is 11.6 Å². The molecule has 0 fully saturated rings. The minimum Gasteiger partial charge on any atom is -0.369 e. The Hall–Kier alpha value is -1.85. The van der Waals surface area contributed by atoms with Crippen LogP contribution < -0.4 is 10.6 Å². The molecule has 2 rings (SSSR count). The van der Waals surface area contributed by atoms with Crippen molar-refractivity contribution in [3.8, 4) is 0 Å². The molecule has 19 heavy (non-hydrogen) atoms. The zero-order chi connectivity index (χ0) is 13.9. The van der Waals surface area contributed by atoms with Gasteiger partial charge in [-0.1, -0.05) is 20.8 Å². The monoisotopic (exact) mass is 262 g/mol. The average Bonchev–Trinajstić information content (AvgIpc) is 2.76. The minimum absolute atomic E-state index is 0.306. The molecule has 0 saturated carbocycles. The van der Waals surface area contributed by atoms with Crippen LogP contribution in [-0.2, 0) is 0 Å². The molecule has 0 atom stereocenters. The van der Waals surface area contributed by atoms with E-state index in [2.05, 4.69) is 51.6 Å². The molecule has 104 valence electrons. The second-order valence-electron chi connectivity index (χ2n) is 5.80. The van der Waals surface area contributed by atoms with Gasteiger partial charge in [-0.2, -0.15) is 15.1 Å². The lowest BCUT2D eigenvalue weighted by atomic mass is 9.92. The zero-order valence-corrected chi connectivity index (χ0v) is 12.0. The number of H-pyrrole nitrogens is 1. The van der Waals surface area contributed by atoms with Crippen molar-refractivity contribution in [2.24, 2.45) is 5.41 Å². The Morgan fingerprint density at radius 2 is 2.00 bits per heavy atom. The highest BCUT2D eigenvalue weighted by molar-refractivity contribution is 5.86. The van der Waals surface area contributed by atoms with E-state index in [4.69, 9.17) is 0 Å². The van der Waals surface area contributed by atoms with Crippen molar-refractivity contribution < 1.29 is 0 Å². The predicted octanol–water partition coefficient (Wildman–Crippen LogP) is 2.63. The van der Waals surface area contributed by atoms with Gasteiger partial charge in [-0.25, -0.2) is 0 Å². The summed E-state index contributed by atoms with van der Waals surface area (Å²) in [5.74, 6) is 1.46. The molecular weight excluding hydrogens is 240 g/mol. The Balaban J connectivity index is 2.18. The smallest absolute Gasteiger partial charge is 0.226 e. The Kier molecular flexibility index (Phi) is 3.87. The maximum atomic E-state index is 4.49. The molecule has 6 nitrogen and oxygen atoms in total. The third-order valence-electron chi connectivity index (χ3n) is 2.81. The first-order chi connectivity index (χ1) is 8.99. The fraction of sp³-hybridized carbons (Fsp3) is 0.615. The summed E-state index contributed by atoms with van der Waals surface area (Å²) in [7, 11) is 0. The summed E-state index contributed by atoms with van der Waals surface area (Å²) in [6.07, 6.45) is 2.83. The van der Waals surface area contributed by atoms with Crippen molar-refractivity contribution in [2.75, 3.05) is 23.7 Å². The Morgan fingerprint density at radius 3 is 2.68 bits per heavy atom. The van der Waals surface area contributed by atoms with Gasteiger partial charge < -0.3 is 10.6 Å². The Morgan fingerprint density at radius 1 is 1.21 bits per heavy atom. The van der Waals surface area contributed by atoms with Crippen molar-refractivity contribution in [1.82, 2.24) is 20.2 Å². The second kappa shape index (κ2) is 5.42. The Labute approximate surface area is 113 Å². The summed E-state index contributed by atoms with van der Waals surface area (Å²) in [5, 5.41) is 14.3. The first-order valence-corrected chi connectivity index (χ1v) is 6.68. The first kappa shape index (κ1) is 13.6. The van der Waals surface area contributed by atoms with Crippen molar-refractivity contribution in [3.05, 3.63) is 6.20 Å². The molecule has 0 bridgehead atoms. The van der Waals surface area contributed by atoms with Crippen LogP contribution >= 0.6 is 0 Å². The van der Waals surface area contributed by atoms with Crippen LogP contribution in [0.3, 0.4) is 0 Å². The molecule has 0 spiro atoms. The largest absolute Gasteiger partial charge is 0.369 e. The van der Waals surface area contributed by atoms with Crippen LogP contribution in [0, 0.1) is 5.41 Å². The quantitative estimate of drug-likeness (QED) is 0.772. The van der Waals surface area contributed by atoms with E-state index in [0.29, 0.717) is 11.4 Å². The summed E-state index contributed by atoms with van der Waals surface area (Å²) in [4.78, 5) is 8.85. The molecule has 6 heteroatoms. The highest BCUT2D eigenvalue weighted by Crippen LogP contribution is 2.22. The molecule has 3 N–H and O–H groups in total. The SMILES string of the molecule is CCNc1nc(NCCC(C)(C)C)c2cn[nH]c2n1. The number of nitrogens with zero attached hydrogens (tertiary/aromatic N) is 3. The van der Waals surface area contributed by atoms with E-state index in [-0.39, 0.29) is 0 Å². The molecular formula is C13H22N6. The molecule has 0 saturated heterocycles. The molecule has 2 aromatic rings. The Bertz CT molecular complexity index is 540. The highest BCUT2D eigenvalue weighted by Gasteiger charge is 2.12. The van der Waals surface area contributed by atoms with E-state index in [1.165, 1.54) is 0 Å². The predicted molar refractivity (Wildman–Crippen MR) is 78.4 cm³/mol. The zero-order valence-electron chi connectivity index (χ0n) is 12.0. The maximum absolute atomic E-state index is 4.49. The summed E-state index contributed by atoms with van der Waals surface area (Å²) in [6.45, 7) is 10.4. The van der Waals surface area contributed by atoms with Gasteiger partial charge in [-0.3, -0.25) is 5.10 Å². The van der Waals surface area contributed by atoms with Gasteiger partial charge in [0.15, 0.2) is 5.65 Å². The number of aromatic amines is 1. The maximum Gasteiger partial charge on any atom is 0.226 e. The van der Waals surface area contributed by atoms with Crippen molar-refractivity contribution >= 4 is 22.8 Å². The molecule has 2 aromatic heterocycles. The van der Waals surface area contributed by atoms with Crippen molar-refractivity contribution in [3.63, 3.8) is 0 Å². The van der Waals surface area contributed by atoms with E-state index < -0.39 is 0 Å². The molecule has 0 aliphatic rings. The average molecular weight is 262 g/mol. The lowest BCUT2D eigenvalue weighted by Crippen LogP contribution is -2.14. The summed E-state index contributed by atoms with van der Waals surface area (Å²) in [6, 6.07) is 0. The normalized spacial score (nSPS) is 11.8. The third-order valence-corrected chi connectivity index (χ3v) is 2.81. The third kappa shape index (κ3) is 3.56. The van der Waals surface area contributed by atoms with Gasteiger partial charge in [-0.15, -0.1) is 0 Å².